The molecule has 0 bridgehead atoms. The molecule has 1 N–H and O–H groups in total. The molecule has 1 aromatic rings. The van der Waals surface area contributed by atoms with Gasteiger partial charge in [-0.2, -0.15) is 5.48 Å². The van der Waals surface area contributed by atoms with Crippen LogP contribution in [-0.4, -0.2) is 18.8 Å². The van der Waals surface area contributed by atoms with Gasteiger partial charge in [0, 0.05) is 5.56 Å². The first-order chi connectivity index (χ1) is 8.58. The average molecular weight is 247 g/mol. The van der Waals surface area contributed by atoms with E-state index >= 15 is 0 Å². The molecule has 0 aromatic heterocycles. The van der Waals surface area contributed by atoms with Gasteiger partial charge in [0.25, 0.3) is 0 Å². The fourth-order valence-electron chi connectivity index (χ4n) is 1.14. The highest BCUT2D eigenvalue weighted by Crippen LogP contribution is 2.00. The van der Waals surface area contributed by atoms with Gasteiger partial charge in [0.1, 0.15) is 6.61 Å². The maximum atomic E-state index is 11.0. The lowest BCUT2D eigenvalue weighted by molar-refractivity contribution is 0.0317. The van der Waals surface area contributed by atoms with Crippen molar-refractivity contribution in [2.45, 2.75) is 26.9 Å². The third kappa shape index (κ3) is 5.92. The summed E-state index contributed by atoms with van der Waals surface area (Å²) in [5, 5.41) is 0. The number of benzene rings is 1. The quantitative estimate of drug-likeness (QED) is 0.507. The molecule has 0 saturated heterocycles. The van der Waals surface area contributed by atoms with E-state index in [9.17, 15) is 4.79 Å². The Hall–Kier alpha value is -1.99. The van der Waals surface area contributed by atoms with Crippen molar-refractivity contribution in [3.63, 3.8) is 0 Å². The minimum Gasteiger partial charge on any atom is -0.445 e. The molecule has 1 aromatic carbocycles. The molecular formula is C14H17NO3. The first kappa shape index (κ1) is 14.1. The van der Waals surface area contributed by atoms with Gasteiger partial charge in [-0.25, -0.2) is 4.79 Å². The number of hydroxylamine groups is 1. The van der Waals surface area contributed by atoms with E-state index in [-0.39, 0.29) is 12.7 Å². The average Bonchev–Trinajstić information content (AvgIpc) is 2.30. The molecule has 0 heterocycles. The predicted molar refractivity (Wildman–Crippen MR) is 68.8 cm³/mol. The molecule has 0 spiro atoms. The van der Waals surface area contributed by atoms with Gasteiger partial charge in [0.05, 0.1) is 6.10 Å². The van der Waals surface area contributed by atoms with Crippen LogP contribution in [0.1, 0.15) is 25.0 Å². The standard InChI is InChI=1S/C14H17NO3/c1-11(2)18-14(16)15-17-10-4-5-13-8-6-12(3)7-9-13/h6-9,11H,10H2,1-3H3,(H,15,16). The Morgan fingerprint density at radius 2 is 2.00 bits per heavy atom. The molecule has 0 aliphatic carbocycles. The van der Waals surface area contributed by atoms with E-state index in [0.29, 0.717) is 0 Å². The van der Waals surface area contributed by atoms with Crippen molar-refractivity contribution < 1.29 is 14.4 Å². The lowest BCUT2D eigenvalue weighted by atomic mass is 10.2. The van der Waals surface area contributed by atoms with Crippen LogP contribution in [0.25, 0.3) is 0 Å². The molecule has 1 amide bonds. The van der Waals surface area contributed by atoms with Crippen molar-refractivity contribution in [3.8, 4) is 11.8 Å². The smallest absolute Gasteiger partial charge is 0.431 e. The van der Waals surface area contributed by atoms with E-state index in [1.807, 2.05) is 31.2 Å². The number of carbonyl (C=O) groups excluding carboxylic acids is 1. The third-order valence-electron chi connectivity index (χ3n) is 1.93. The Balaban J connectivity index is 2.26. The molecule has 0 fully saturated rings. The Labute approximate surface area is 107 Å². The van der Waals surface area contributed by atoms with E-state index in [4.69, 9.17) is 9.57 Å². The number of aryl methyl sites for hydroxylation is 1. The first-order valence-electron chi connectivity index (χ1n) is 5.72. The van der Waals surface area contributed by atoms with Crippen molar-refractivity contribution in [3.05, 3.63) is 35.4 Å². The van der Waals surface area contributed by atoms with Crippen LogP contribution in [0.3, 0.4) is 0 Å². The summed E-state index contributed by atoms with van der Waals surface area (Å²) in [7, 11) is 0. The van der Waals surface area contributed by atoms with Crippen molar-refractivity contribution in [2.24, 2.45) is 0 Å². The predicted octanol–water partition coefficient (Wildman–Crippen LogP) is 2.41. The van der Waals surface area contributed by atoms with Crippen LogP contribution in [-0.2, 0) is 9.57 Å². The number of hydrogen-bond acceptors (Lipinski definition) is 3. The van der Waals surface area contributed by atoms with Gasteiger partial charge in [-0.1, -0.05) is 29.5 Å². The van der Waals surface area contributed by atoms with Crippen molar-refractivity contribution in [1.29, 1.82) is 0 Å². The molecule has 4 heteroatoms. The number of amides is 1. The summed E-state index contributed by atoms with van der Waals surface area (Å²) in [4.78, 5) is 15.9. The van der Waals surface area contributed by atoms with Crippen LogP contribution >= 0.6 is 0 Å². The maximum Gasteiger partial charge on any atom is 0.431 e. The number of hydrogen-bond donors (Lipinski definition) is 1. The summed E-state index contributed by atoms with van der Waals surface area (Å²) in [6.45, 7) is 5.65. The molecule has 0 radical (unpaired) electrons. The second kappa shape index (κ2) is 7.36. The molecule has 0 saturated carbocycles. The minimum atomic E-state index is -0.609. The lowest BCUT2D eigenvalue weighted by Crippen LogP contribution is -2.27. The maximum absolute atomic E-state index is 11.0. The Morgan fingerprint density at radius 3 is 2.61 bits per heavy atom. The second-order valence-electron chi connectivity index (χ2n) is 4.01. The number of rotatable bonds is 3. The van der Waals surface area contributed by atoms with E-state index in [1.165, 1.54) is 5.56 Å². The summed E-state index contributed by atoms with van der Waals surface area (Å²) in [5.74, 6) is 5.71. The third-order valence-corrected chi connectivity index (χ3v) is 1.93. The molecule has 0 aliphatic heterocycles. The Bertz CT molecular complexity index is 440. The lowest BCUT2D eigenvalue weighted by Gasteiger charge is -2.07. The van der Waals surface area contributed by atoms with Gasteiger partial charge in [-0.05, 0) is 32.9 Å². The number of nitrogens with one attached hydrogen (secondary N) is 1. The fraction of sp³-hybridized carbons (Fsp3) is 0.357. The second-order valence-corrected chi connectivity index (χ2v) is 4.01. The van der Waals surface area contributed by atoms with Crippen LogP contribution in [0.5, 0.6) is 0 Å². The number of carbonyl (C=O) groups is 1. The van der Waals surface area contributed by atoms with Gasteiger partial charge in [-0.15, -0.1) is 0 Å². The normalized spacial score (nSPS) is 9.56. The van der Waals surface area contributed by atoms with Gasteiger partial charge < -0.3 is 4.74 Å². The van der Waals surface area contributed by atoms with Gasteiger partial charge in [-0.3, -0.25) is 4.84 Å². The van der Waals surface area contributed by atoms with Gasteiger partial charge in [0.2, 0.25) is 0 Å². The molecule has 1 rings (SSSR count). The van der Waals surface area contributed by atoms with E-state index in [2.05, 4.69) is 17.3 Å². The van der Waals surface area contributed by atoms with Gasteiger partial charge in [0.15, 0.2) is 0 Å². The largest absolute Gasteiger partial charge is 0.445 e. The summed E-state index contributed by atoms with van der Waals surface area (Å²) < 4.78 is 4.80. The van der Waals surface area contributed by atoms with Crippen molar-refractivity contribution in [1.82, 2.24) is 5.48 Å². The zero-order valence-corrected chi connectivity index (χ0v) is 10.8. The molecule has 4 nitrogen and oxygen atoms in total. The topological polar surface area (TPSA) is 47.6 Å². The Kier molecular flexibility index (Phi) is 5.75. The highest BCUT2D eigenvalue weighted by Gasteiger charge is 2.02. The minimum absolute atomic E-state index is 0.112. The highest BCUT2D eigenvalue weighted by atomic mass is 16.7. The molecule has 0 atom stereocenters. The van der Waals surface area contributed by atoms with E-state index in [0.717, 1.165) is 5.56 Å². The summed E-state index contributed by atoms with van der Waals surface area (Å²) >= 11 is 0. The Morgan fingerprint density at radius 1 is 1.33 bits per heavy atom. The van der Waals surface area contributed by atoms with Crippen molar-refractivity contribution in [2.75, 3.05) is 6.61 Å². The molecule has 96 valence electrons. The van der Waals surface area contributed by atoms with E-state index in [1.54, 1.807) is 13.8 Å². The first-order valence-corrected chi connectivity index (χ1v) is 5.72. The summed E-state index contributed by atoms with van der Waals surface area (Å²) in [6, 6.07) is 7.85. The van der Waals surface area contributed by atoms with Crippen LogP contribution in [0.15, 0.2) is 24.3 Å². The zero-order valence-electron chi connectivity index (χ0n) is 10.8. The molecule has 0 aliphatic rings. The van der Waals surface area contributed by atoms with Gasteiger partial charge >= 0.3 is 6.09 Å². The highest BCUT2D eigenvalue weighted by molar-refractivity contribution is 5.65. The SMILES string of the molecule is Cc1ccc(C#CCONC(=O)OC(C)C)cc1. The van der Waals surface area contributed by atoms with E-state index < -0.39 is 6.09 Å². The van der Waals surface area contributed by atoms with Crippen LogP contribution in [0.4, 0.5) is 4.79 Å². The molecular weight excluding hydrogens is 230 g/mol. The monoisotopic (exact) mass is 247 g/mol. The molecule has 0 unspecified atom stereocenters. The van der Waals surface area contributed by atoms with Crippen LogP contribution < -0.4 is 5.48 Å². The van der Waals surface area contributed by atoms with Crippen LogP contribution in [0.2, 0.25) is 0 Å². The zero-order chi connectivity index (χ0) is 13.4. The molecule has 18 heavy (non-hydrogen) atoms. The summed E-state index contributed by atoms with van der Waals surface area (Å²) in [5.41, 5.74) is 4.25. The van der Waals surface area contributed by atoms with Crippen LogP contribution in [0, 0.1) is 18.8 Å². The fourth-order valence-corrected chi connectivity index (χ4v) is 1.14. The van der Waals surface area contributed by atoms with Crippen molar-refractivity contribution >= 4 is 6.09 Å². The number of ether oxygens (including phenoxy) is 1. The summed E-state index contributed by atoms with van der Waals surface area (Å²) in [6.07, 6.45) is -0.783.